The number of aromatic nitrogens is 1. The van der Waals surface area contributed by atoms with Gasteiger partial charge in [0.05, 0.1) is 22.6 Å². The number of benzene rings is 2. The number of carboxylic acids is 1. The molecule has 1 heterocycles. The molecular formula is C25H27F6N3O4S2. The molecule has 0 spiro atoms. The minimum Gasteiger partial charge on any atom is -0.475 e. The van der Waals surface area contributed by atoms with E-state index in [2.05, 4.69) is 10.3 Å². The van der Waals surface area contributed by atoms with Crippen LogP contribution in [-0.2, 0) is 33.5 Å². The van der Waals surface area contributed by atoms with Crippen LogP contribution in [0.3, 0.4) is 0 Å². The van der Waals surface area contributed by atoms with Crippen molar-refractivity contribution < 1.29 is 44.7 Å². The Morgan fingerprint density at radius 2 is 1.70 bits per heavy atom. The lowest BCUT2D eigenvalue weighted by Crippen LogP contribution is -2.37. The highest BCUT2D eigenvalue weighted by molar-refractivity contribution is 7.90. The van der Waals surface area contributed by atoms with Crippen molar-refractivity contribution >= 4 is 32.8 Å². The molecule has 0 bridgehead atoms. The van der Waals surface area contributed by atoms with Gasteiger partial charge < -0.3 is 10.4 Å². The molecule has 0 amide bonds. The predicted molar refractivity (Wildman–Crippen MR) is 138 cm³/mol. The van der Waals surface area contributed by atoms with Crippen molar-refractivity contribution in [1.82, 2.24) is 9.88 Å². The Bertz CT molecular complexity index is 1420. The lowest BCUT2D eigenvalue weighted by atomic mass is 10.0. The van der Waals surface area contributed by atoms with E-state index in [-0.39, 0.29) is 23.5 Å². The molecule has 40 heavy (non-hydrogen) atoms. The van der Waals surface area contributed by atoms with Crippen LogP contribution in [0.4, 0.5) is 32.0 Å². The van der Waals surface area contributed by atoms with Crippen LogP contribution in [0.5, 0.6) is 0 Å². The summed E-state index contributed by atoms with van der Waals surface area (Å²) < 4.78 is 101. The molecule has 15 heteroatoms. The maximum absolute atomic E-state index is 14.7. The van der Waals surface area contributed by atoms with Crippen LogP contribution in [0.15, 0.2) is 46.1 Å². The highest BCUT2D eigenvalue weighted by Crippen LogP contribution is 2.28. The first-order chi connectivity index (χ1) is 18.3. The molecule has 7 nitrogen and oxygen atoms in total. The maximum atomic E-state index is 14.7. The molecule has 0 aliphatic rings. The van der Waals surface area contributed by atoms with E-state index in [9.17, 15) is 34.8 Å². The van der Waals surface area contributed by atoms with Gasteiger partial charge in [0.15, 0.2) is 21.5 Å². The van der Waals surface area contributed by atoms with Gasteiger partial charge in [-0.1, -0.05) is 12.1 Å². The van der Waals surface area contributed by atoms with Crippen LogP contribution in [0.1, 0.15) is 37.6 Å². The van der Waals surface area contributed by atoms with E-state index < -0.39 is 50.1 Å². The molecule has 0 unspecified atom stereocenters. The van der Waals surface area contributed by atoms with Gasteiger partial charge in [0, 0.05) is 29.6 Å². The lowest BCUT2D eigenvalue weighted by Gasteiger charge is -2.32. The predicted octanol–water partition coefficient (Wildman–Crippen LogP) is 6.01. The van der Waals surface area contributed by atoms with Crippen LogP contribution in [-0.4, -0.2) is 48.1 Å². The quantitative estimate of drug-likeness (QED) is 0.301. The number of sulfone groups is 1. The fraction of sp³-hybridized carbons (Fsp3) is 0.360. The van der Waals surface area contributed by atoms with Crippen LogP contribution in [0, 0.1) is 17.5 Å². The molecule has 1 aromatic heterocycles. The average Bonchev–Trinajstić information content (AvgIpc) is 3.32. The number of aliphatic carboxylic acids is 1. The summed E-state index contributed by atoms with van der Waals surface area (Å²) in [4.78, 5) is 14.1. The van der Waals surface area contributed by atoms with Gasteiger partial charge >= 0.3 is 12.1 Å². The Balaban J connectivity index is 0.000000708. The van der Waals surface area contributed by atoms with Gasteiger partial charge in [-0.05, 0) is 51.6 Å². The molecule has 220 valence electrons. The number of alkyl halides is 3. The highest BCUT2D eigenvalue weighted by Gasteiger charge is 2.38. The fourth-order valence-corrected chi connectivity index (χ4v) is 5.12. The van der Waals surface area contributed by atoms with E-state index >= 15 is 0 Å². The molecule has 0 aliphatic carbocycles. The number of thiazole rings is 1. The molecule has 0 saturated heterocycles. The zero-order chi connectivity index (χ0) is 30.5. The van der Waals surface area contributed by atoms with Crippen molar-refractivity contribution in [3.8, 4) is 0 Å². The van der Waals surface area contributed by atoms with Crippen LogP contribution in [0.2, 0.25) is 0 Å². The third kappa shape index (κ3) is 8.93. The summed E-state index contributed by atoms with van der Waals surface area (Å²) in [6, 6.07) is 6.86. The highest BCUT2D eigenvalue weighted by atomic mass is 32.2. The summed E-state index contributed by atoms with van der Waals surface area (Å²) in [5.41, 5.74) is 2.36. The van der Waals surface area contributed by atoms with Gasteiger partial charge in [0.1, 0.15) is 10.7 Å². The molecule has 2 aromatic carbocycles. The molecule has 0 radical (unpaired) electrons. The van der Waals surface area contributed by atoms with Crippen LogP contribution in [0.25, 0.3) is 0 Å². The van der Waals surface area contributed by atoms with Crippen LogP contribution >= 0.6 is 11.3 Å². The van der Waals surface area contributed by atoms with E-state index in [0.717, 1.165) is 12.1 Å². The fourth-order valence-electron chi connectivity index (χ4n) is 3.12. The molecule has 3 aromatic rings. The second kappa shape index (κ2) is 13.0. The second-order valence-corrected chi connectivity index (χ2v) is 12.2. The van der Waals surface area contributed by atoms with E-state index in [0.29, 0.717) is 17.7 Å². The molecule has 0 saturated carbocycles. The van der Waals surface area contributed by atoms with E-state index in [1.54, 1.807) is 12.1 Å². The van der Waals surface area contributed by atoms with Gasteiger partial charge in [0.2, 0.25) is 0 Å². The van der Waals surface area contributed by atoms with Crippen molar-refractivity contribution in [2.75, 3.05) is 12.4 Å². The van der Waals surface area contributed by atoms with Crippen molar-refractivity contribution in [3.05, 3.63) is 75.5 Å². The third-order valence-electron chi connectivity index (χ3n) is 5.67. The Kier molecular flexibility index (Phi) is 10.7. The Hall–Kier alpha value is -3.17. The van der Waals surface area contributed by atoms with Crippen molar-refractivity contribution in [2.24, 2.45) is 0 Å². The Morgan fingerprint density at radius 3 is 2.23 bits per heavy atom. The summed E-state index contributed by atoms with van der Waals surface area (Å²) in [5.74, 6) is -6.56. The van der Waals surface area contributed by atoms with Crippen molar-refractivity contribution in [3.63, 3.8) is 0 Å². The minimum atomic E-state index is -5.08. The van der Waals surface area contributed by atoms with Crippen molar-refractivity contribution in [2.45, 2.75) is 56.2 Å². The smallest absolute Gasteiger partial charge is 0.475 e. The first-order valence-corrected chi connectivity index (χ1v) is 14.0. The molecule has 0 fully saturated rings. The van der Waals surface area contributed by atoms with E-state index in [4.69, 9.17) is 9.90 Å². The summed E-state index contributed by atoms with van der Waals surface area (Å²) in [5, 5.41) is 11.4. The zero-order valence-corrected chi connectivity index (χ0v) is 23.4. The first kappa shape index (κ1) is 33.0. The van der Waals surface area contributed by atoms with E-state index in [1.807, 2.05) is 32.7 Å². The number of nitrogens with one attached hydrogen (secondary N) is 1. The summed E-state index contributed by atoms with van der Waals surface area (Å²) in [6.07, 6.45) is -5.08. The topological polar surface area (TPSA) is 99.6 Å². The average molecular weight is 612 g/mol. The van der Waals surface area contributed by atoms with Crippen molar-refractivity contribution in [1.29, 1.82) is 0 Å². The van der Waals surface area contributed by atoms with Gasteiger partial charge in [-0.25, -0.2) is 31.4 Å². The standard InChI is InChI=1S/C23H26F3N3O2S2.C2HF3O2/c1-23(2,3)29(4)11-15-6-5-7-18(24)17(15)10-27-19-8-9-20(22(26)21(19)25)33(30,31)13-16-12-32-14-28-16;3-2(4,5)1(6)7/h5-9,12,14,27H,10-11,13H2,1-4H3;(H,6,7). The van der Waals surface area contributed by atoms with Gasteiger partial charge in [-0.3, -0.25) is 4.90 Å². The second-order valence-electron chi connectivity index (χ2n) is 9.54. The maximum Gasteiger partial charge on any atom is 0.490 e. The Labute approximate surface area is 231 Å². The van der Waals surface area contributed by atoms with Gasteiger partial charge in [0.25, 0.3) is 0 Å². The summed E-state index contributed by atoms with van der Waals surface area (Å²) >= 11 is 1.21. The summed E-state index contributed by atoms with van der Waals surface area (Å²) in [6.45, 7) is 6.47. The monoisotopic (exact) mass is 611 g/mol. The summed E-state index contributed by atoms with van der Waals surface area (Å²) in [7, 11) is -2.21. The number of hydrogen-bond donors (Lipinski definition) is 2. The SMILES string of the molecule is CN(Cc1cccc(F)c1CNc1ccc(S(=O)(=O)Cc2cscn2)c(F)c1F)C(C)(C)C.O=C(O)C(F)(F)F. The number of nitrogens with zero attached hydrogens (tertiary/aromatic N) is 2. The van der Waals surface area contributed by atoms with Gasteiger partial charge in [-0.15, -0.1) is 11.3 Å². The zero-order valence-electron chi connectivity index (χ0n) is 21.8. The Morgan fingerprint density at radius 1 is 1.07 bits per heavy atom. The molecule has 0 atom stereocenters. The number of carbonyl (C=O) groups is 1. The number of hydrogen-bond acceptors (Lipinski definition) is 7. The number of carboxylic acid groups (broad SMARTS) is 1. The third-order valence-corrected chi connectivity index (χ3v) is 7.97. The molecule has 0 aliphatic heterocycles. The lowest BCUT2D eigenvalue weighted by molar-refractivity contribution is -0.192. The normalized spacial score (nSPS) is 12.2. The molecule has 3 rings (SSSR count). The van der Waals surface area contributed by atoms with E-state index in [1.165, 1.54) is 28.3 Å². The van der Waals surface area contributed by atoms with Crippen LogP contribution < -0.4 is 5.32 Å². The minimum absolute atomic E-state index is 0.0960. The largest absolute Gasteiger partial charge is 0.490 e. The number of anilines is 1. The van der Waals surface area contributed by atoms with Gasteiger partial charge in [-0.2, -0.15) is 13.2 Å². The number of halogens is 6. The molecule has 2 N–H and O–H groups in total. The molecular weight excluding hydrogens is 584 g/mol. The number of rotatable bonds is 8. The first-order valence-electron chi connectivity index (χ1n) is 11.4.